The number of anilines is 1. The van der Waals surface area contributed by atoms with Crippen molar-refractivity contribution >= 4 is 17.5 Å². The minimum Gasteiger partial charge on any atom is -0.312 e. The molecule has 0 bridgehead atoms. The number of hydrogen-bond donors (Lipinski definition) is 1. The van der Waals surface area contributed by atoms with E-state index in [1.165, 1.54) is 0 Å². The van der Waals surface area contributed by atoms with E-state index < -0.39 is 0 Å². The SMILES string of the molecule is CCCCONC(=O)Cc1ccc2c(c1)CCN2C(=O)Cc1ccccc1. The molecule has 0 fully saturated rings. The number of amides is 2. The first kappa shape index (κ1) is 19.1. The average Bonchev–Trinajstić information content (AvgIpc) is 3.09. The second-order valence-corrected chi connectivity index (χ2v) is 6.82. The summed E-state index contributed by atoms with van der Waals surface area (Å²) in [5.41, 5.74) is 6.51. The maximum atomic E-state index is 12.7. The third kappa shape index (κ3) is 5.17. The lowest BCUT2D eigenvalue weighted by molar-refractivity contribution is -0.132. The molecule has 0 atom stereocenters. The van der Waals surface area contributed by atoms with Gasteiger partial charge in [-0.1, -0.05) is 55.8 Å². The van der Waals surface area contributed by atoms with Crippen molar-refractivity contribution in [3.8, 4) is 0 Å². The predicted octanol–water partition coefficient (Wildman–Crippen LogP) is 3.21. The number of hydroxylamine groups is 1. The Kier molecular flexibility index (Phi) is 6.60. The molecule has 0 unspecified atom stereocenters. The zero-order chi connectivity index (χ0) is 19.1. The van der Waals surface area contributed by atoms with Gasteiger partial charge in [0.1, 0.15) is 0 Å². The minimum atomic E-state index is -0.152. The van der Waals surface area contributed by atoms with Crippen molar-refractivity contribution in [3.63, 3.8) is 0 Å². The second kappa shape index (κ2) is 9.33. The zero-order valence-corrected chi connectivity index (χ0v) is 15.7. The molecule has 5 heteroatoms. The van der Waals surface area contributed by atoms with Gasteiger partial charge in [-0.05, 0) is 35.6 Å². The zero-order valence-electron chi connectivity index (χ0n) is 15.7. The van der Waals surface area contributed by atoms with Gasteiger partial charge in [0.2, 0.25) is 11.8 Å². The molecule has 0 saturated heterocycles. The van der Waals surface area contributed by atoms with Crippen molar-refractivity contribution in [2.75, 3.05) is 18.1 Å². The molecule has 27 heavy (non-hydrogen) atoms. The van der Waals surface area contributed by atoms with Crippen LogP contribution >= 0.6 is 0 Å². The van der Waals surface area contributed by atoms with Crippen LogP contribution in [0.25, 0.3) is 0 Å². The fraction of sp³-hybridized carbons (Fsp3) is 0.364. The maximum Gasteiger partial charge on any atom is 0.247 e. The van der Waals surface area contributed by atoms with Crippen molar-refractivity contribution in [2.24, 2.45) is 0 Å². The summed E-state index contributed by atoms with van der Waals surface area (Å²) < 4.78 is 0. The predicted molar refractivity (Wildman–Crippen MR) is 105 cm³/mol. The van der Waals surface area contributed by atoms with E-state index in [4.69, 9.17) is 4.84 Å². The molecule has 5 nitrogen and oxygen atoms in total. The molecule has 0 saturated carbocycles. The van der Waals surface area contributed by atoms with Gasteiger partial charge < -0.3 is 4.90 Å². The van der Waals surface area contributed by atoms with Crippen LogP contribution in [0.3, 0.4) is 0 Å². The molecular formula is C22H26N2O3. The highest BCUT2D eigenvalue weighted by Gasteiger charge is 2.24. The maximum absolute atomic E-state index is 12.7. The van der Waals surface area contributed by atoms with E-state index in [9.17, 15) is 9.59 Å². The normalized spacial score (nSPS) is 12.7. The molecule has 2 aromatic rings. The summed E-state index contributed by atoms with van der Waals surface area (Å²) in [5.74, 6) is -0.0455. The Hall–Kier alpha value is -2.66. The highest BCUT2D eigenvalue weighted by molar-refractivity contribution is 5.96. The van der Waals surface area contributed by atoms with Gasteiger partial charge in [0.25, 0.3) is 0 Å². The Morgan fingerprint density at radius 1 is 1.07 bits per heavy atom. The van der Waals surface area contributed by atoms with Crippen molar-refractivity contribution in [3.05, 3.63) is 65.2 Å². The van der Waals surface area contributed by atoms with Crippen LogP contribution in [-0.2, 0) is 33.7 Å². The van der Waals surface area contributed by atoms with E-state index in [0.29, 0.717) is 19.6 Å². The Labute approximate surface area is 160 Å². The van der Waals surface area contributed by atoms with Gasteiger partial charge in [-0.3, -0.25) is 14.4 Å². The molecule has 0 aromatic heterocycles. The van der Waals surface area contributed by atoms with E-state index in [-0.39, 0.29) is 18.2 Å². The first-order valence-corrected chi connectivity index (χ1v) is 9.54. The molecule has 1 aliphatic heterocycles. The van der Waals surface area contributed by atoms with Crippen LogP contribution in [-0.4, -0.2) is 25.0 Å². The Morgan fingerprint density at radius 3 is 2.67 bits per heavy atom. The van der Waals surface area contributed by atoms with Crippen molar-refractivity contribution in [2.45, 2.75) is 39.0 Å². The summed E-state index contributed by atoms with van der Waals surface area (Å²) in [5, 5.41) is 0. The molecule has 142 valence electrons. The van der Waals surface area contributed by atoms with Gasteiger partial charge in [-0.15, -0.1) is 0 Å². The van der Waals surface area contributed by atoms with Crippen LogP contribution in [0.2, 0.25) is 0 Å². The lowest BCUT2D eigenvalue weighted by Gasteiger charge is -2.17. The number of nitrogens with one attached hydrogen (secondary N) is 1. The van der Waals surface area contributed by atoms with Crippen LogP contribution in [0.15, 0.2) is 48.5 Å². The summed E-state index contributed by atoms with van der Waals surface area (Å²) in [6.07, 6.45) is 3.45. The number of benzene rings is 2. The Morgan fingerprint density at radius 2 is 1.89 bits per heavy atom. The first-order valence-electron chi connectivity index (χ1n) is 9.54. The van der Waals surface area contributed by atoms with E-state index in [1.54, 1.807) is 0 Å². The molecule has 0 radical (unpaired) electrons. The number of unbranched alkanes of at least 4 members (excludes halogenated alkanes) is 1. The number of hydrogen-bond acceptors (Lipinski definition) is 3. The Bertz CT molecular complexity index is 789. The summed E-state index contributed by atoms with van der Waals surface area (Å²) >= 11 is 0. The summed E-state index contributed by atoms with van der Waals surface area (Å²) in [7, 11) is 0. The minimum absolute atomic E-state index is 0.106. The second-order valence-electron chi connectivity index (χ2n) is 6.82. The number of fused-ring (bicyclic) bond motifs is 1. The molecular weight excluding hydrogens is 340 g/mol. The van der Waals surface area contributed by atoms with Crippen molar-refractivity contribution < 1.29 is 14.4 Å². The molecule has 0 spiro atoms. The van der Waals surface area contributed by atoms with E-state index in [1.807, 2.05) is 53.4 Å². The number of carbonyl (C=O) groups excluding carboxylic acids is 2. The van der Waals surface area contributed by atoms with Crippen molar-refractivity contribution in [1.82, 2.24) is 5.48 Å². The largest absolute Gasteiger partial charge is 0.312 e. The third-order valence-electron chi connectivity index (χ3n) is 4.69. The molecule has 1 N–H and O–H groups in total. The van der Waals surface area contributed by atoms with Gasteiger partial charge in [0, 0.05) is 12.2 Å². The monoisotopic (exact) mass is 366 g/mol. The molecule has 0 aliphatic carbocycles. The number of carbonyl (C=O) groups is 2. The van der Waals surface area contributed by atoms with Gasteiger partial charge in [0.15, 0.2) is 0 Å². The molecule has 2 aromatic carbocycles. The first-order chi connectivity index (χ1) is 13.2. The summed E-state index contributed by atoms with van der Waals surface area (Å²) in [4.78, 5) is 31.6. The number of rotatable bonds is 8. The van der Waals surface area contributed by atoms with Crippen LogP contribution < -0.4 is 10.4 Å². The lowest BCUT2D eigenvalue weighted by atomic mass is 10.1. The van der Waals surface area contributed by atoms with Crippen molar-refractivity contribution in [1.29, 1.82) is 0 Å². The lowest BCUT2D eigenvalue weighted by Crippen LogP contribution is -2.30. The average molecular weight is 366 g/mol. The highest BCUT2D eigenvalue weighted by atomic mass is 16.6. The van der Waals surface area contributed by atoms with Crippen LogP contribution in [0.1, 0.15) is 36.5 Å². The van der Waals surface area contributed by atoms with Crippen LogP contribution in [0, 0.1) is 0 Å². The molecule has 2 amide bonds. The topological polar surface area (TPSA) is 58.6 Å². The highest BCUT2D eigenvalue weighted by Crippen LogP contribution is 2.29. The molecule has 1 aliphatic rings. The fourth-order valence-electron chi connectivity index (χ4n) is 3.26. The Balaban J connectivity index is 1.58. The van der Waals surface area contributed by atoms with E-state index in [2.05, 4.69) is 12.4 Å². The van der Waals surface area contributed by atoms with E-state index in [0.717, 1.165) is 41.6 Å². The van der Waals surface area contributed by atoms with Gasteiger partial charge >= 0.3 is 0 Å². The summed E-state index contributed by atoms with van der Waals surface area (Å²) in [6.45, 7) is 3.30. The van der Waals surface area contributed by atoms with Crippen LogP contribution in [0.4, 0.5) is 5.69 Å². The number of nitrogens with zero attached hydrogens (tertiary/aromatic N) is 1. The third-order valence-corrected chi connectivity index (χ3v) is 4.69. The molecule has 3 rings (SSSR count). The molecule has 1 heterocycles. The quantitative estimate of drug-likeness (QED) is 0.576. The van der Waals surface area contributed by atoms with Gasteiger partial charge in [-0.25, -0.2) is 5.48 Å². The standard InChI is InChI=1S/C22H26N2O3/c1-2-3-13-27-23-21(25)15-18-9-10-20-19(14-18)11-12-24(20)22(26)16-17-7-5-4-6-8-17/h4-10,14H,2-3,11-13,15-16H2,1H3,(H,23,25). The van der Waals surface area contributed by atoms with Gasteiger partial charge in [0.05, 0.1) is 19.4 Å². The van der Waals surface area contributed by atoms with Gasteiger partial charge in [-0.2, -0.15) is 0 Å². The smallest absolute Gasteiger partial charge is 0.247 e. The van der Waals surface area contributed by atoms with Crippen LogP contribution in [0.5, 0.6) is 0 Å². The summed E-state index contributed by atoms with van der Waals surface area (Å²) in [6, 6.07) is 15.7. The fourth-order valence-corrected chi connectivity index (χ4v) is 3.26. The van der Waals surface area contributed by atoms with E-state index >= 15 is 0 Å².